The van der Waals surface area contributed by atoms with Crippen molar-refractivity contribution in [3.63, 3.8) is 0 Å². The zero-order valence-electron chi connectivity index (χ0n) is 11.4. The van der Waals surface area contributed by atoms with Gasteiger partial charge in [0.15, 0.2) is 0 Å². The molecule has 0 bridgehead atoms. The predicted octanol–water partition coefficient (Wildman–Crippen LogP) is 0.783. The van der Waals surface area contributed by atoms with Gasteiger partial charge >= 0.3 is 0 Å². The maximum absolute atomic E-state index is 12.2. The molecular formula is C12H18N4O3S. The van der Waals surface area contributed by atoms with Crippen molar-refractivity contribution < 1.29 is 12.8 Å². The second-order valence-electron chi connectivity index (χ2n) is 4.52. The van der Waals surface area contributed by atoms with Gasteiger partial charge in [0.25, 0.3) is 0 Å². The summed E-state index contributed by atoms with van der Waals surface area (Å²) in [6.45, 7) is 4.40. The van der Waals surface area contributed by atoms with Crippen LogP contribution in [0.1, 0.15) is 24.5 Å². The largest absolute Gasteiger partial charge is 0.465 e. The summed E-state index contributed by atoms with van der Waals surface area (Å²) in [7, 11) is -3.63. The summed E-state index contributed by atoms with van der Waals surface area (Å²) in [6.07, 6.45) is 2.76. The van der Waals surface area contributed by atoms with E-state index >= 15 is 0 Å². The molecule has 0 radical (unpaired) electrons. The predicted molar refractivity (Wildman–Crippen MR) is 73.5 cm³/mol. The van der Waals surface area contributed by atoms with Gasteiger partial charge in [0.1, 0.15) is 16.4 Å². The van der Waals surface area contributed by atoms with Gasteiger partial charge < -0.3 is 10.2 Å². The zero-order chi connectivity index (χ0) is 14.8. The number of nitrogens with two attached hydrogens (primary N) is 1. The van der Waals surface area contributed by atoms with Crippen LogP contribution in [-0.2, 0) is 16.6 Å². The van der Waals surface area contributed by atoms with E-state index in [9.17, 15) is 8.42 Å². The molecule has 2 aromatic heterocycles. The fraction of sp³-hybridized carbons (Fsp3) is 0.417. The second kappa shape index (κ2) is 5.78. The van der Waals surface area contributed by atoms with Gasteiger partial charge in [-0.05, 0) is 26.0 Å². The molecule has 8 heteroatoms. The van der Waals surface area contributed by atoms with Gasteiger partial charge in [0.2, 0.25) is 10.0 Å². The molecule has 2 heterocycles. The van der Waals surface area contributed by atoms with Crippen molar-refractivity contribution in [2.45, 2.75) is 31.3 Å². The summed E-state index contributed by atoms with van der Waals surface area (Å²) in [5.41, 5.74) is 5.40. The van der Waals surface area contributed by atoms with Crippen molar-refractivity contribution in [3.05, 3.63) is 36.0 Å². The topological polar surface area (TPSA) is 103 Å². The lowest BCUT2D eigenvalue weighted by Crippen LogP contribution is -2.26. The molecule has 3 N–H and O–H groups in total. The maximum Gasteiger partial charge on any atom is 0.244 e. The van der Waals surface area contributed by atoms with E-state index in [-0.39, 0.29) is 4.90 Å². The number of sulfonamides is 1. The highest BCUT2D eigenvalue weighted by atomic mass is 32.2. The first-order valence-electron chi connectivity index (χ1n) is 6.23. The third kappa shape index (κ3) is 3.27. The second-order valence-corrected chi connectivity index (χ2v) is 6.23. The molecule has 0 aliphatic heterocycles. The fourth-order valence-electron chi connectivity index (χ4n) is 1.78. The molecule has 7 nitrogen and oxygen atoms in total. The van der Waals surface area contributed by atoms with Crippen LogP contribution in [0.2, 0.25) is 0 Å². The smallest absolute Gasteiger partial charge is 0.244 e. The first-order valence-corrected chi connectivity index (χ1v) is 7.72. The lowest BCUT2D eigenvalue weighted by molar-refractivity contribution is 0.441. The number of furan rings is 1. The van der Waals surface area contributed by atoms with E-state index in [0.717, 1.165) is 5.76 Å². The van der Waals surface area contributed by atoms with Gasteiger partial charge in [-0.25, -0.2) is 13.1 Å². The van der Waals surface area contributed by atoms with E-state index in [2.05, 4.69) is 9.82 Å². The van der Waals surface area contributed by atoms with Crippen LogP contribution in [0.25, 0.3) is 0 Å². The summed E-state index contributed by atoms with van der Waals surface area (Å²) in [5.74, 6) is 1.31. The minimum Gasteiger partial charge on any atom is -0.465 e. The molecule has 1 atom stereocenters. The number of rotatable bonds is 6. The van der Waals surface area contributed by atoms with Crippen LogP contribution in [-0.4, -0.2) is 24.7 Å². The van der Waals surface area contributed by atoms with Gasteiger partial charge in [-0.3, -0.25) is 4.68 Å². The Morgan fingerprint density at radius 1 is 1.50 bits per heavy atom. The number of nitrogens with zero attached hydrogens (tertiary/aromatic N) is 2. The maximum atomic E-state index is 12.2. The monoisotopic (exact) mass is 298 g/mol. The highest BCUT2D eigenvalue weighted by Gasteiger charge is 2.21. The van der Waals surface area contributed by atoms with E-state index in [1.165, 1.54) is 17.1 Å². The van der Waals surface area contributed by atoms with Gasteiger partial charge in [-0.15, -0.1) is 0 Å². The zero-order valence-corrected chi connectivity index (χ0v) is 12.2. The minimum atomic E-state index is -3.63. The van der Waals surface area contributed by atoms with Crippen molar-refractivity contribution in [3.8, 4) is 0 Å². The molecule has 2 aromatic rings. The number of aromatic nitrogens is 2. The molecule has 20 heavy (non-hydrogen) atoms. The summed E-state index contributed by atoms with van der Waals surface area (Å²) in [6, 6.07) is 3.09. The van der Waals surface area contributed by atoms with Crippen molar-refractivity contribution in [2.24, 2.45) is 5.73 Å². The van der Waals surface area contributed by atoms with Crippen LogP contribution in [0.4, 0.5) is 0 Å². The average Bonchev–Trinajstić information content (AvgIpc) is 2.98. The molecule has 0 saturated heterocycles. The van der Waals surface area contributed by atoms with Crippen LogP contribution in [0.3, 0.4) is 0 Å². The highest BCUT2D eigenvalue weighted by Crippen LogP contribution is 2.18. The molecule has 0 spiro atoms. The summed E-state index contributed by atoms with van der Waals surface area (Å²) < 4.78 is 33.9. The van der Waals surface area contributed by atoms with E-state index in [1.807, 2.05) is 6.92 Å². The molecule has 0 aliphatic carbocycles. The van der Waals surface area contributed by atoms with Gasteiger partial charge in [-0.2, -0.15) is 5.10 Å². The molecule has 0 amide bonds. The highest BCUT2D eigenvalue weighted by molar-refractivity contribution is 7.89. The molecule has 1 unspecified atom stereocenters. The standard InChI is InChI=1S/C12H18N4O3S/c1-9-3-4-12(19-9)10(2)15-20(17,18)11-7-14-16(8-11)6-5-13/h3-4,7-8,10,15H,5-6,13H2,1-2H3. The van der Waals surface area contributed by atoms with E-state index in [1.54, 1.807) is 19.1 Å². The van der Waals surface area contributed by atoms with Crippen molar-refractivity contribution >= 4 is 10.0 Å². The molecule has 0 saturated carbocycles. The first kappa shape index (κ1) is 14.8. The van der Waals surface area contributed by atoms with Crippen LogP contribution in [0.5, 0.6) is 0 Å². The third-order valence-electron chi connectivity index (χ3n) is 2.80. The SMILES string of the molecule is Cc1ccc(C(C)NS(=O)(=O)c2cnn(CCN)c2)o1. The molecule has 0 aromatic carbocycles. The molecule has 2 rings (SSSR count). The van der Waals surface area contributed by atoms with Gasteiger partial charge in [-0.1, -0.05) is 0 Å². The van der Waals surface area contributed by atoms with Crippen LogP contribution >= 0.6 is 0 Å². The Kier molecular flexibility index (Phi) is 4.26. The lowest BCUT2D eigenvalue weighted by atomic mass is 10.3. The number of hydrogen-bond donors (Lipinski definition) is 2. The molecule has 110 valence electrons. The minimum absolute atomic E-state index is 0.112. The van der Waals surface area contributed by atoms with E-state index in [4.69, 9.17) is 10.2 Å². The Morgan fingerprint density at radius 2 is 2.25 bits per heavy atom. The number of aryl methyl sites for hydroxylation is 1. The van der Waals surface area contributed by atoms with Gasteiger partial charge in [0.05, 0.1) is 18.8 Å². The normalized spacial score (nSPS) is 13.6. The molecule has 0 fully saturated rings. The lowest BCUT2D eigenvalue weighted by Gasteiger charge is -2.10. The Bertz CT molecular complexity index is 674. The Balaban J connectivity index is 2.13. The van der Waals surface area contributed by atoms with Crippen molar-refractivity contribution in [1.29, 1.82) is 0 Å². The average molecular weight is 298 g/mol. The molecular weight excluding hydrogens is 280 g/mol. The quantitative estimate of drug-likeness (QED) is 0.820. The van der Waals surface area contributed by atoms with Gasteiger partial charge in [0, 0.05) is 12.7 Å². The summed E-state index contributed by atoms with van der Waals surface area (Å²) in [4.78, 5) is 0.112. The Morgan fingerprint density at radius 3 is 2.85 bits per heavy atom. The van der Waals surface area contributed by atoms with Crippen molar-refractivity contribution in [2.75, 3.05) is 6.54 Å². The third-order valence-corrected chi connectivity index (χ3v) is 4.29. The fourth-order valence-corrected chi connectivity index (χ4v) is 2.95. The summed E-state index contributed by atoms with van der Waals surface area (Å²) >= 11 is 0. The van der Waals surface area contributed by atoms with Crippen molar-refractivity contribution in [1.82, 2.24) is 14.5 Å². The Labute approximate surface area is 117 Å². The first-order chi connectivity index (χ1) is 9.42. The molecule has 0 aliphatic rings. The van der Waals surface area contributed by atoms with E-state index in [0.29, 0.717) is 18.8 Å². The number of hydrogen-bond acceptors (Lipinski definition) is 5. The number of nitrogens with one attached hydrogen (secondary N) is 1. The van der Waals surface area contributed by atoms with Crippen LogP contribution in [0, 0.1) is 6.92 Å². The van der Waals surface area contributed by atoms with Crippen LogP contribution < -0.4 is 10.5 Å². The summed E-state index contributed by atoms with van der Waals surface area (Å²) in [5, 5.41) is 3.95. The van der Waals surface area contributed by atoms with Crippen LogP contribution in [0.15, 0.2) is 33.8 Å². The van der Waals surface area contributed by atoms with E-state index < -0.39 is 16.1 Å². The Hall–Kier alpha value is -1.64.